The van der Waals surface area contributed by atoms with Gasteiger partial charge in [0.25, 0.3) is 0 Å². The topological polar surface area (TPSA) is 24.9 Å². The number of nitrogens with one attached hydrogen (secondary N) is 1. The Kier molecular flexibility index (Phi) is 4.07. The van der Waals surface area contributed by atoms with E-state index >= 15 is 0 Å². The molecule has 0 bridgehead atoms. The monoisotopic (exact) mass is 330 g/mol. The fourth-order valence-electron chi connectivity index (χ4n) is 1.64. The minimum atomic E-state index is 0.268. The van der Waals surface area contributed by atoms with Crippen molar-refractivity contribution in [2.24, 2.45) is 0 Å². The molecular formula is C12H12BrClN2S. The van der Waals surface area contributed by atoms with Crippen LogP contribution in [0.4, 0.5) is 5.69 Å². The molecule has 0 radical (unpaired) electrons. The van der Waals surface area contributed by atoms with Crippen LogP contribution < -0.4 is 5.32 Å². The first-order valence-corrected chi connectivity index (χ1v) is 7.24. The van der Waals surface area contributed by atoms with Crippen LogP contribution in [0.25, 0.3) is 0 Å². The molecule has 2 aromatic rings. The van der Waals surface area contributed by atoms with Crippen molar-refractivity contribution >= 4 is 44.6 Å². The smallest absolute Gasteiger partial charge is 0.143 e. The molecule has 0 aliphatic heterocycles. The van der Waals surface area contributed by atoms with Gasteiger partial charge in [0.2, 0.25) is 0 Å². The van der Waals surface area contributed by atoms with E-state index in [0.29, 0.717) is 5.15 Å². The highest BCUT2D eigenvalue weighted by Crippen LogP contribution is 2.29. The third-order valence-corrected chi connectivity index (χ3v) is 4.81. The van der Waals surface area contributed by atoms with Crippen molar-refractivity contribution in [1.82, 2.24) is 4.98 Å². The molecule has 2 rings (SSSR count). The van der Waals surface area contributed by atoms with E-state index in [2.05, 4.69) is 51.5 Å². The molecule has 1 atom stereocenters. The highest BCUT2D eigenvalue weighted by molar-refractivity contribution is 9.10. The molecular weight excluding hydrogens is 320 g/mol. The van der Waals surface area contributed by atoms with Gasteiger partial charge in [0.15, 0.2) is 0 Å². The van der Waals surface area contributed by atoms with E-state index in [1.54, 1.807) is 17.5 Å². The predicted octanol–water partition coefficient (Wildman–Crippen LogP) is 5.04. The maximum Gasteiger partial charge on any atom is 0.143 e. The number of halogens is 2. The summed E-state index contributed by atoms with van der Waals surface area (Å²) in [6, 6.07) is 4.34. The first-order chi connectivity index (χ1) is 8.08. The van der Waals surface area contributed by atoms with Crippen molar-refractivity contribution in [1.29, 1.82) is 0 Å². The van der Waals surface area contributed by atoms with E-state index in [9.17, 15) is 0 Å². The van der Waals surface area contributed by atoms with Gasteiger partial charge >= 0.3 is 0 Å². The molecule has 0 saturated heterocycles. The molecule has 1 N–H and O–H groups in total. The van der Waals surface area contributed by atoms with Gasteiger partial charge < -0.3 is 5.32 Å². The molecule has 0 saturated carbocycles. The van der Waals surface area contributed by atoms with E-state index in [0.717, 1.165) is 10.2 Å². The van der Waals surface area contributed by atoms with Crippen LogP contribution in [0.3, 0.4) is 0 Å². The zero-order valence-electron chi connectivity index (χ0n) is 9.50. The van der Waals surface area contributed by atoms with Gasteiger partial charge in [-0.25, -0.2) is 4.98 Å². The summed E-state index contributed by atoms with van der Waals surface area (Å²) >= 11 is 11.0. The Bertz CT molecular complexity index is 527. The summed E-state index contributed by atoms with van der Waals surface area (Å²) in [5.74, 6) is 0. The second-order valence-corrected chi connectivity index (χ2v) is 5.99. The number of anilines is 1. The van der Waals surface area contributed by atoms with Crippen molar-refractivity contribution in [2.45, 2.75) is 19.9 Å². The molecule has 0 fully saturated rings. The van der Waals surface area contributed by atoms with Gasteiger partial charge in [-0.2, -0.15) is 0 Å². The van der Waals surface area contributed by atoms with Crippen LogP contribution in [0.15, 0.2) is 28.2 Å². The Morgan fingerprint density at radius 3 is 2.88 bits per heavy atom. The molecule has 17 heavy (non-hydrogen) atoms. The lowest BCUT2D eigenvalue weighted by Crippen LogP contribution is -2.06. The maximum atomic E-state index is 5.86. The molecule has 5 heteroatoms. The lowest BCUT2D eigenvalue weighted by atomic mass is 10.2. The first kappa shape index (κ1) is 12.9. The minimum Gasteiger partial charge on any atom is -0.376 e. The molecule has 1 unspecified atom stereocenters. The summed E-state index contributed by atoms with van der Waals surface area (Å²) < 4.78 is 0.805. The lowest BCUT2D eigenvalue weighted by molar-refractivity contribution is 0.897. The van der Waals surface area contributed by atoms with Crippen LogP contribution >= 0.6 is 38.9 Å². The molecule has 90 valence electrons. The van der Waals surface area contributed by atoms with Crippen LogP contribution in [-0.2, 0) is 0 Å². The van der Waals surface area contributed by atoms with Crippen molar-refractivity contribution in [2.75, 3.05) is 5.32 Å². The average Bonchev–Trinajstić information content (AvgIpc) is 2.70. The van der Waals surface area contributed by atoms with E-state index < -0.39 is 0 Å². The van der Waals surface area contributed by atoms with Crippen molar-refractivity contribution in [3.8, 4) is 0 Å². The molecule has 0 amide bonds. The Balaban J connectivity index is 2.16. The van der Waals surface area contributed by atoms with Crippen LogP contribution in [0.2, 0.25) is 5.15 Å². The van der Waals surface area contributed by atoms with Crippen LogP contribution in [0.5, 0.6) is 0 Å². The standard InChI is InChI=1S/C12H12BrClN2S/c1-7-3-4-17-11(7)8(2)16-9-5-10(13)12(14)15-6-9/h3-6,8,16H,1-2H3. The molecule has 0 aromatic carbocycles. The number of aryl methyl sites for hydroxylation is 1. The van der Waals surface area contributed by atoms with Crippen molar-refractivity contribution < 1.29 is 0 Å². The molecule has 0 aliphatic rings. The third kappa shape index (κ3) is 3.00. The van der Waals surface area contributed by atoms with Crippen LogP contribution in [0, 0.1) is 6.92 Å². The normalized spacial score (nSPS) is 12.5. The zero-order chi connectivity index (χ0) is 12.4. The van der Waals surface area contributed by atoms with Gasteiger partial charge in [-0.3, -0.25) is 0 Å². The highest BCUT2D eigenvalue weighted by atomic mass is 79.9. The number of hydrogen-bond donors (Lipinski definition) is 1. The summed E-state index contributed by atoms with van der Waals surface area (Å²) in [6.45, 7) is 4.27. The number of nitrogens with zero attached hydrogens (tertiary/aromatic N) is 1. The van der Waals surface area contributed by atoms with E-state index in [-0.39, 0.29) is 6.04 Å². The Labute approximate surface area is 118 Å². The van der Waals surface area contributed by atoms with Gasteiger partial charge in [0.05, 0.1) is 22.4 Å². The van der Waals surface area contributed by atoms with Crippen LogP contribution in [0.1, 0.15) is 23.4 Å². The average molecular weight is 332 g/mol. The van der Waals surface area contributed by atoms with E-state index in [1.807, 2.05) is 6.07 Å². The fourth-order valence-corrected chi connectivity index (χ4v) is 3.03. The quantitative estimate of drug-likeness (QED) is 0.797. The fraction of sp³-hybridized carbons (Fsp3) is 0.250. The van der Waals surface area contributed by atoms with Gasteiger partial charge in [-0.15, -0.1) is 11.3 Å². The van der Waals surface area contributed by atoms with Crippen molar-refractivity contribution in [3.63, 3.8) is 0 Å². The summed E-state index contributed by atoms with van der Waals surface area (Å²) in [7, 11) is 0. The number of aromatic nitrogens is 1. The van der Waals surface area contributed by atoms with E-state index in [1.165, 1.54) is 10.4 Å². The SMILES string of the molecule is Cc1ccsc1C(C)Nc1cnc(Cl)c(Br)c1. The summed E-state index contributed by atoms with van der Waals surface area (Å²) in [6.07, 6.45) is 1.74. The number of thiophene rings is 1. The second kappa shape index (κ2) is 5.38. The van der Waals surface area contributed by atoms with Gasteiger partial charge in [0.1, 0.15) is 5.15 Å². The molecule has 2 aromatic heterocycles. The number of rotatable bonds is 3. The number of pyridine rings is 1. The summed E-state index contributed by atoms with van der Waals surface area (Å²) in [4.78, 5) is 5.44. The lowest BCUT2D eigenvalue weighted by Gasteiger charge is -2.15. The largest absolute Gasteiger partial charge is 0.376 e. The third-order valence-electron chi connectivity index (χ3n) is 2.47. The minimum absolute atomic E-state index is 0.268. The molecule has 0 spiro atoms. The molecule has 2 nitrogen and oxygen atoms in total. The van der Waals surface area contributed by atoms with Gasteiger partial charge in [-0.1, -0.05) is 11.6 Å². The molecule has 0 aliphatic carbocycles. The first-order valence-electron chi connectivity index (χ1n) is 5.19. The van der Waals surface area contributed by atoms with Gasteiger partial charge in [0, 0.05) is 4.88 Å². The Morgan fingerprint density at radius 2 is 2.29 bits per heavy atom. The maximum absolute atomic E-state index is 5.86. The Morgan fingerprint density at radius 1 is 1.53 bits per heavy atom. The zero-order valence-corrected chi connectivity index (χ0v) is 12.7. The Hall–Kier alpha value is -0.580. The highest BCUT2D eigenvalue weighted by Gasteiger charge is 2.10. The summed E-state index contributed by atoms with van der Waals surface area (Å²) in [5, 5.41) is 6.00. The second-order valence-electron chi connectivity index (χ2n) is 3.83. The van der Waals surface area contributed by atoms with Crippen molar-refractivity contribution in [3.05, 3.63) is 43.8 Å². The van der Waals surface area contributed by atoms with E-state index in [4.69, 9.17) is 11.6 Å². The predicted molar refractivity (Wildman–Crippen MR) is 78.0 cm³/mol. The molecule has 2 heterocycles. The van der Waals surface area contributed by atoms with Gasteiger partial charge in [-0.05, 0) is 52.9 Å². The summed E-state index contributed by atoms with van der Waals surface area (Å²) in [5.41, 5.74) is 2.28. The van der Waals surface area contributed by atoms with Crippen LogP contribution in [-0.4, -0.2) is 4.98 Å². The number of hydrogen-bond acceptors (Lipinski definition) is 3.